The van der Waals surface area contributed by atoms with Crippen LogP contribution in [0.5, 0.6) is 5.75 Å². The van der Waals surface area contributed by atoms with E-state index >= 15 is 0 Å². The van der Waals surface area contributed by atoms with E-state index in [4.69, 9.17) is 37.8 Å². The number of anilines is 1. The number of thioether (sulfide) groups is 1. The number of ether oxygens (including phenoxy) is 2. The Morgan fingerprint density at radius 2 is 1.84 bits per heavy atom. The Kier molecular flexibility index (Phi) is 9.40. The van der Waals surface area contributed by atoms with Gasteiger partial charge in [-0.15, -0.1) is 5.10 Å². The number of benzene rings is 2. The standard InChI is InChI=1S/C27H30Cl2N4O3S/c1-4-6-15-37-27-31-26-30-17(3)23(25(34)35-14-5-2)24(33(26)32-27)18-10-12-19(13-11-18)36-16-20-21(28)8-7-9-22(20)29/h7-13,24H,4-6,14-16H2,1-3H3,(H,30,31,32). The Balaban J connectivity index is 1.62. The lowest BCUT2D eigenvalue weighted by Gasteiger charge is -2.28. The average molecular weight is 562 g/mol. The van der Waals surface area contributed by atoms with E-state index in [-0.39, 0.29) is 12.6 Å². The van der Waals surface area contributed by atoms with Gasteiger partial charge in [-0.3, -0.25) is 0 Å². The van der Waals surface area contributed by atoms with Crippen molar-refractivity contribution < 1.29 is 14.3 Å². The fourth-order valence-corrected chi connectivity index (χ4v) is 5.34. The molecule has 2 heterocycles. The smallest absolute Gasteiger partial charge is 0.338 e. The molecule has 0 radical (unpaired) electrons. The topological polar surface area (TPSA) is 78.3 Å². The number of rotatable bonds is 11. The molecule has 37 heavy (non-hydrogen) atoms. The van der Waals surface area contributed by atoms with Crippen molar-refractivity contribution in [2.75, 3.05) is 17.7 Å². The molecule has 0 amide bonds. The van der Waals surface area contributed by atoms with Gasteiger partial charge in [0.15, 0.2) is 0 Å². The van der Waals surface area contributed by atoms with Crippen molar-refractivity contribution in [2.45, 2.75) is 57.8 Å². The molecule has 7 nitrogen and oxygen atoms in total. The molecule has 1 aliphatic heterocycles. The maximum absolute atomic E-state index is 13.1. The average Bonchev–Trinajstić information content (AvgIpc) is 3.29. The van der Waals surface area contributed by atoms with Crippen molar-refractivity contribution in [1.29, 1.82) is 0 Å². The monoisotopic (exact) mass is 560 g/mol. The van der Waals surface area contributed by atoms with Crippen LogP contribution in [0.3, 0.4) is 0 Å². The van der Waals surface area contributed by atoms with Gasteiger partial charge >= 0.3 is 5.97 Å². The first-order valence-electron chi connectivity index (χ1n) is 12.3. The molecule has 0 bridgehead atoms. The molecule has 1 aliphatic rings. The quantitative estimate of drug-likeness (QED) is 0.150. The summed E-state index contributed by atoms with van der Waals surface area (Å²) in [5.74, 6) is 1.82. The van der Waals surface area contributed by atoms with Crippen molar-refractivity contribution in [1.82, 2.24) is 14.8 Å². The van der Waals surface area contributed by atoms with Gasteiger partial charge in [-0.05, 0) is 49.6 Å². The van der Waals surface area contributed by atoms with Crippen LogP contribution < -0.4 is 10.1 Å². The molecule has 4 rings (SSSR count). The van der Waals surface area contributed by atoms with E-state index in [0.717, 1.165) is 36.1 Å². The molecule has 1 atom stereocenters. The Bertz CT molecular complexity index is 1260. The number of aromatic nitrogens is 3. The number of nitrogens with zero attached hydrogens (tertiary/aromatic N) is 3. The summed E-state index contributed by atoms with van der Waals surface area (Å²) in [4.78, 5) is 17.8. The lowest BCUT2D eigenvalue weighted by atomic mass is 9.96. The van der Waals surface area contributed by atoms with E-state index in [1.165, 1.54) is 0 Å². The molecule has 0 saturated heterocycles. The molecule has 0 spiro atoms. The van der Waals surface area contributed by atoms with Gasteiger partial charge in [-0.25, -0.2) is 9.48 Å². The predicted molar refractivity (Wildman–Crippen MR) is 149 cm³/mol. The first-order chi connectivity index (χ1) is 17.9. The minimum atomic E-state index is -0.485. The summed E-state index contributed by atoms with van der Waals surface area (Å²) in [5.41, 5.74) is 2.80. The molecule has 0 aliphatic carbocycles. The molecule has 0 saturated carbocycles. The summed E-state index contributed by atoms with van der Waals surface area (Å²) < 4.78 is 13.3. The zero-order chi connectivity index (χ0) is 26.4. The van der Waals surface area contributed by atoms with Gasteiger partial charge in [-0.2, -0.15) is 4.98 Å². The number of halogens is 2. The van der Waals surface area contributed by atoms with Crippen molar-refractivity contribution in [3.8, 4) is 5.75 Å². The minimum absolute atomic E-state index is 0.240. The van der Waals surface area contributed by atoms with E-state index in [2.05, 4.69) is 17.2 Å². The molecule has 1 N–H and O–H groups in total. The van der Waals surface area contributed by atoms with Crippen LogP contribution >= 0.6 is 35.0 Å². The van der Waals surface area contributed by atoms with Gasteiger partial charge in [0, 0.05) is 27.1 Å². The van der Waals surface area contributed by atoms with Gasteiger partial charge in [0.25, 0.3) is 0 Å². The molecule has 196 valence electrons. The van der Waals surface area contributed by atoms with E-state index in [1.54, 1.807) is 34.6 Å². The summed E-state index contributed by atoms with van der Waals surface area (Å²) in [6.07, 6.45) is 2.93. The molecular formula is C27H30Cl2N4O3S. The molecule has 1 unspecified atom stereocenters. The zero-order valence-corrected chi connectivity index (χ0v) is 23.4. The highest BCUT2D eigenvalue weighted by molar-refractivity contribution is 7.99. The van der Waals surface area contributed by atoms with E-state index in [0.29, 0.717) is 44.8 Å². The van der Waals surface area contributed by atoms with Crippen LogP contribution in [0.2, 0.25) is 10.0 Å². The number of carbonyl (C=O) groups excluding carboxylic acids is 1. The van der Waals surface area contributed by atoms with Crippen molar-refractivity contribution in [2.24, 2.45) is 0 Å². The summed E-state index contributed by atoms with van der Waals surface area (Å²) in [5, 5.41) is 9.78. The Labute approximate surface area is 231 Å². The molecule has 1 aromatic heterocycles. The number of hydrogen-bond acceptors (Lipinski definition) is 7. The zero-order valence-electron chi connectivity index (χ0n) is 21.1. The lowest BCUT2D eigenvalue weighted by Crippen LogP contribution is -2.29. The molecule has 2 aromatic carbocycles. The molecule has 10 heteroatoms. The maximum Gasteiger partial charge on any atom is 0.338 e. The third-order valence-corrected chi connectivity index (χ3v) is 7.49. The first kappa shape index (κ1) is 27.4. The molecule has 3 aromatic rings. The second kappa shape index (κ2) is 12.7. The van der Waals surface area contributed by atoms with E-state index < -0.39 is 6.04 Å². The number of allylic oxidation sites excluding steroid dienone is 1. The third-order valence-electron chi connectivity index (χ3n) is 5.86. The summed E-state index contributed by atoms with van der Waals surface area (Å²) >= 11 is 14.2. The van der Waals surface area contributed by atoms with Crippen LogP contribution in [0.25, 0.3) is 0 Å². The Hall–Kier alpha value is -2.68. The highest BCUT2D eigenvalue weighted by Gasteiger charge is 2.35. The second-order valence-electron chi connectivity index (χ2n) is 8.62. The van der Waals surface area contributed by atoms with Crippen LogP contribution in [0.1, 0.15) is 57.2 Å². The van der Waals surface area contributed by atoms with Crippen LogP contribution in [0.15, 0.2) is 58.9 Å². The van der Waals surface area contributed by atoms with Gasteiger partial charge < -0.3 is 14.8 Å². The maximum atomic E-state index is 13.1. The Morgan fingerprint density at radius 1 is 1.11 bits per heavy atom. The minimum Gasteiger partial charge on any atom is -0.489 e. The SMILES string of the molecule is CCCCSc1nc2n(n1)C(c1ccc(OCc3c(Cl)cccc3Cl)cc1)C(C(=O)OCCC)=C(C)N2. The van der Waals surface area contributed by atoms with Crippen LogP contribution in [-0.4, -0.2) is 33.1 Å². The van der Waals surface area contributed by atoms with Crippen molar-refractivity contribution >= 4 is 46.9 Å². The van der Waals surface area contributed by atoms with Crippen molar-refractivity contribution in [3.63, 3.8) is 0 Å². The van der Waals surface area contributed by atoms with E-state index in [9.17, 15) is 4.79 Å². The lowest BCUT2D eigenvalue weighted by molar-refractivity contribution is -0.139. The fourth-order valence-electron chi connectivity index (χ4n) is 3.92. The largest absolute Gasteiger partial charge is 0.489 e. The molecule has 0 fully saturated rings. The highest BCUT2D eigenvalue weighted by atomic mass is 35.5. The summed E-state index contributed by atoms with van der Waals surface area (Å²) in [6, 6.07) is 12.5. The summed E-state index contributed by atoms with van der Waals surface area (Å²) in [7, 11) is 0. The number of esters is 1. The number of fused-ring (bicyclic) bond motifs is 1. The predicted octanol–water partition coefficient (Wildman–Crippen LogP) is 7.30. The number of carbonyl (C=O) groups is 1. The van der Waals surface area contributed by atoms with Crippen LogP contribution in [0.4, 0.5) is 5.95 Å². The first-order valence-corrected chi connectivity index (χ1v) is 14.1. The third kappa shape index (κ3) is 6.43. The van der Waals surface area contributed by atoms with Gasteiger partial charge in [0.1, 0.15) is 18.4 Å². The second-order valence-corrected chi connectivity index (χ2v) is 10.5. The Morgan fingerprint density at radius 3 is 2.51 bits per heavy atom. The van der Waals surface area contributed by atoms with Gasteiger partial charge in [0.05, 0.1) is 12.2 Å². The highest BCUT2D eigenvalue weighted by Crippen LogP contribution is 2.37. The number of hydrogen-bond donors (Lipinski definition) is 1. The van der Waals surface area contributed by atoms with Gasteiger partial charge in [-0.1, -0.05) is 73.4 Å². The summed E-state index contributed by atoms with van der Waals surface area (Å²) in [6.45, 7) is 6.57. The number of unbranched alkanes of at least 4 members (excludes halogenated alkanes) is 1. The van der Waals surface area contributed by atoms with Crippen LogP contribution in [0, 0.1) is 0 Å². The van der Waals surface area contributed by atoms with Crippen molar-refractivity contribution in [3.05, 3.63) is 74.9 Å². The van der Waals surface area contributed by atoms with E-state index in [1.807, 2.05) is 38.1 Å². The van der Waals surface area contributed by atoms with Gasteiger partial charge in [0.2, 0.25) is 11.1 Å². The number of nitrogens with one attached hydrogen (secondary N) is 1. The fraction of sp³-hybridized carbons (Fsp3) is 0.370. The normalized spacial score (nSPS) is 14.8. The van der Waals surface area contributed by atoms with Crippen LogP contribution in [-0.2, 0) is 16.1 Å². The molecular weight excluding hydrogens is 531 g/mol.